The SMILES string of the molecule is CCCC1C(=O)NC(=O)N(Cc2ccco2)C1=O. The predicted octanol–water partition coefficient (Wildman–Crippen LogP) is 1.27. The smallest absolute Gasteiger partial charge is 0.331 e. The average Bonchev–Trinajstić information content (AvgIpc) is 2.83. The van der Waals surface area contributed by atoms with Crippen molar-refractivity contribution in [3.8, 4) is 0 Å². The largest absolute Gasteiger partial charge is 0.467 e. The van der Waals surface area contributed by atoms with E-state index in [9.17, 15) is 14.4 Å². The number of carbonyl (C=O) groups is 3. The van der Waals surface area contributed by atoms with E-state index in [0.717, 1.165) is 4.90 Å². The van der Waals surface area contributed by atoms with E-state index in [-0.39, 0.29) is 6.54 Å². The van der Waals surface area contributed by atoms with Crippen LogP contribution in [0.4, 0.5) is 4.79 Å². The van der Waals surface area contributed by atoms with Crippen LogP contribution in [0.25, 0.3) is 0 Å². The lowest BCUT2D eigenvalue weighted by Gasteiger charge is -2.29. The van der Waals surface area contributed by atoms with Gasteiger partial charge in [0, 0.05) is 0 Å². The van der Waals surface area contributed by atoms with Gasteiger partial charge in [0.2, 0.25) is 11.8 Å². The highest BCUT2D eigenvalue weighted by Gasteiger charge is 2.39. The van der Waals surface area contributed by atoms with Crippen molar-refractivity contribution in [1.82, 2.24) is 10.2 Å². The molecule has 0 aliphatic carbocycles. The number of furan rings is 1. The summed E-state index contributed by atoms with van der Waals surface area (Å²) in [6.45, 7) is 1.93. The lowest BCUT2D eigenvalue weighted by molar-refractivity contribution is -0.143. The van der Waals surface area contributed by atoms with Gasteiger partial charge in [0.25, 0.3) is 0 Å². The number of imide groups is 2. The Bertz CT molecular complexity index is 466. The maximum Gasteiger partial charge on any atom is 0.331 e. The predicted molar refractivity (Wildman–Crippen MR) is 61.2 cm³/mol. The first kappa shape index (κ1) is 12.3. The second kappa shape index (κ2) is 5.03. The summed E-state index contributed by atoms with van der Waals surface area (Å²) in [5, 5.41) is 2.19. The Labute approximate surface area is 104 Å². The first-order valence-electron chi connectivity index (χ1n) is 5.82. The number of nitrogens with zero attached hydrogens (tertiary/aromatic N) is 1. The number of hydrogen-bond acceptors (Lipinski definition) is 4. The number of urea groups is 1. The molecule has 1 saturated heterocycles. The van der Waals surface area contributed by atoms with Crippen LogP contribution in [-0.4, -0.2) is 22.7 Å². The Hall–Kier alpha value is -2.11. The third kappa shape index (κ3) is 2.27. The van der Waals surface area contributed by atoms with E-state index >= 15 is 0 Å². The molecule has 1 fully saturated rings. The highest BCUT2D eigenvalue weighted by atomic mass is 16.3. The zero-order chi connectivity index (χ0) is 13.1. The minimum absolute atomic E-state index is 0.0468. The number of carbonyl (C=O) groups excluding carboxylic acids is 3. The van der Waals surface area contributed by atoms with Crippen molar-refractivity contribution < 1.29 is 18.8 Å². The lowest BCUT2D eigenvalue weighted by Crippen LogP contribution is -2.57. The van der Waals surface area contributed by atoms with Gasteiger partial charge in [0.15, 0.2) is 0 Å². The summed E-state index contributed by atoms with van der Waals surface area (Å²) in [4.78, 5) is 36.3. The van der Waals surface area contributed by atoms with Crippen LogP contribution in [0.3, 0.4) is 0 Å². The molecule has 96 valence electrons. The summed E-state index contributed by atoms with van der Waals surface area (Å²) >= 11 is 0. The molecule has 1 aliphatic heterocycles. The second-order valence-corrected chi connectivity index (χ2v) is 4.14. The molecular weight excluding hydrogens is 236 g/mol. The monoisotopic (exact) mass is 250 g/mol. The van der Waals surface area contributed by atoms with Gasteiger partial charge in [-0.15, -0.1) is 0 Å². The molecule has 1 aromatic heterocycles. The van der Waals surface area contributed by atoms with Crippen LogP contribution < -0.4 is 5.32 Å². The van der Waals surface area contributed by atoms with E-state index in [1.807, 2.05) is 6.92 Å². The van der Waals surface area contributed by atoms with Gasteiger partial charge in [-0.05, 0) is 18.6 Å². The van der Waals surface area contributed by atoms with E-state index in [0.29, 0.717) is 18.6 Å². The van der Waals surface area contributed by atoms with Crippen LogP contribution in [-0.2, 0) is 16.1 Å². The summed E-state index contributed by atoms with van der Waals surface area (Å²) in [6, 6.07) is 2.66. The van der Waals surface area contributed by atoms with Gasteiger partial charge in [0.05, 0.1) is 12.8 Å². The van der Waals surface area contributed by atoms with Gasteiger partial charge in [-0.2, -0.15) is 0 Å². The fraction of sp³-hybridized carbons (Fsp3) is 0.417. The summed E-state index contributed by atoms with van der Waals surface area (Å²) in [5.74, 6) is -1.24. The zero-order valence-corrected chi connectivity index (χ0v) is 10.0. The normalized spacial score (nSPS) is 20.2. The summed E-state index contributed by atoms with van der Waals surface area (Å²) in [5.41, 5.74) is 0. The molecule has 4 amide bonds. The molecule has 0 bridgehead atoms. The van der Waals surface area contributed by atoms with Crippen LogP contribution in [0.2, 0.25) is 0 Å². The van der Waals surface area contributed by atoms with Crippen LogP contribution in [0.5, 0.6) is 0 Å². The number of amides is 4. The molecule has 1 aliphatic rings. The Balaban J connectivity index is 2.15. The van der Waals surface area contributed by atoms with Crippen molar-refractivity contribution in [3.63, 3.8) is 0 Å². The van der Waals surface area contributed by atoms with E-state index in [2.05, 4.69) is 5.32 Å². The Morgan fingerprint density at radius 1 is 1.39 bits per heavy atom. The molecule has 1 unspecified atom stereocenters. The molecule has 2 heterocycles. The number of barbiturate groups is 1. The Morgan fingerprint density at radius 2 is 2.17 bits per heavy atom. The van der Waals surface area contributed by atoms with Gasteiger partial charge in [-0.25, -0.2) is 4.79 Å². The molecule has 1 N–H and O–H groups in total. The number of nitrogens with one attached hydrogen (secondary N) is 1. The number of hydrogen-bond donors (Lipinski definition) is 1. The molecular formula is C12H14N2O4. The molecule has 2 rings (SSSR count). The van der Waals surface area contributed by atoms with E-state index in [4.69, 9.17) is 4.42 Å². The van der Waals surface area contributed by atoms with Gasteiger partial charge in [-0.1, -0.05) is 13.3 Å². The molecule has 6 heteroatoms. The van der Waals surface area contributed by atoms with Crippen molar-refractivity contribution in [3.05, 3.63) is 24.2 Å². The zero-order valence-electron chi connectivity index (χ0n) is 10.0. The van der Waals surface area contributed by atoms with Gasteiger partial charge >= 0.3 is 6.03 Å². The van der Waals surface area contributed by atoms with Crippen LogP contribution in [0, 0.1) is 5.92 Å². The maximum absolute atomic E-state index is 12.1. The average molecular weight is 250 g/mol. The van der Waals surface area contributed by atoms with Crippen LogP contribution in [0.1, 0.15) is 25.5 Å². The fourth-order valence-electron chi connectivity index (χ4n) is 1.91. The van der Waals surface area contributed by atoms with Crippen LogP contribution >= 0.6 is 0 Å². The van der Waals surface area contributed by atoms with Crippen molar-refractivity contribution in [2.24, 2.45) is 5.92 Å². The van der Waals surface area contributed by atoms with E-state index in [1.165, 1.54) is 6.26 Å². The standard InChI is InChI=1S/C12H14N2O4/c1-2-4-9-10(15)13-12(17)14(11(9)16)7-8-5-3-6-18-8/h3,5-6,9H,2,4,7H2,1H3,(H,13,15,17). The highest BCUT2D eigenvalue weighted by Crippen LogP contribution is 2.18. The minimum atomic E-state index is -0.775. The van der Waals surface area contributed by atoms with Crippen molar-refractivity contribution in [2.45, 2.75) is 26.3 Å². The highest BCUT2D eigenvalue weighted by molar-refractivity contribution is 6.16. The quantitative estimate of drug-likeness (QED) is 0.816. The molecule has 0 saturated carbocycles. The summed E-state index contributed by atoms with van der Waals surface area (Å²) in [7, 11) is 0. The molecule has 0 spiro atoms. The van der Waals surface area contributed by atoms with E-state index < -0.39 is 23.8 Å². The maximum atomic E-state index is 12.1. The lowest BCUT2D eigenvalue weighted by atomic mass is 9.99. The third-order valence-corrected chi connectivity index (χ3v) is 2.83. The summed E-state index contributed by atoms with van der Waals surface area (Å²) < 4.78 is 5.10. The van der Waals surface area contributed by atoms with Crippen molar-refractivity contribution in [2.75, 3.05) is 0 Å². The summed E-state index contributed by atoms with van der Waals surface area (Å²) in [6.07, 6.45) is 2.61. The number of rotatable bonds is 4. The van der Waals surface area contributed by atoms with Crippen LogP contribution in [0.15, 0.2) is 22.8 Å². The molecule has 18 heavy (non-hydrogen) atoms. The molecule has 1 atom stereocenters. The molecule has 0 aromatic carbocycles. The van der Waals surface area contributed by atoms with Crippen molar-refractivity contribution >= 4 is 17.8 Å². The Morgan fingerprint density at radius 3 is 2.78 bits per heavy atom. The van der Waals surface area contributed by atoms with Gasteiger partial charge in [0.1, 0.15) is 11.7 Å². The molecule has 0 radical (unpaired) electrons. The Kier molecular flexibility index (Phi) is 3.45. The third-order valence-electron chi connectivity index (χ3n) is 2.83. The first-order chi connectivity index (χ1) is 8.63. The topological polar surface area (TPSA) is 79.6 Å². The van der Waals surface area contributed by atoms with Gasteiger partial charge < -0.3 is 4.42 Å². The second-order valence-electron chi connectivity index (χ2n) is 4.14. The molecule has 1 aromatic rings. The minimum Gasteiger partial charge on any atom is -0.467 e. The molecule has 6 nitrogen and oxygen atoms in total. The van der Waals surface area contributed by atoms with Crippen molar-refractivity contribution in [1.29, 1.82) is 0 Å². The fourth-order valence-corrected chi connectivity index (χ4v) is 1.91. The first-order valence-corrected chi connectivity index (χ1v) is 5.82. The van der Waals surface area contributed by atoms with E-state index in [1.54, 1.807) is 12.1 Å². The van der Waals surface area contributed by atoms with Gasteiger partial charge in [-0.3, -0.25) is 19.8 Å².